The van der Waals surface area contributed by atoms with Crippen LogP contribution in [0.3, 0.4) is 0 Å². The van der Waals surface area contributed by atoms with E-state index in [1.165, 1.54) is 94.7 Å². The molecular formula is C49H42N2. The molecule has 0 unspecified atom stereocenters. The molecule has 0 amide bonds. The molecule has 0 radical (unpaired) electrons. The van der Waals surface area contributed by atoms with Gasteiger partial charge in [0.05, 0.1) is 16.9 Å². The summed E-state index contributed by atoms with van der Waals surface area (Å²) < 4.78 is 2.55. The first kappa shape index (κ1) is 31.1. The Balaban J connectivity index is 1.35. The molecule has 2 heterocycles. The van der Waals surface area contributed by atoms with E-state index < -0.39 is 0 Å². The molecule has 0 spiro atoms. The first-order valence-electron chi connectivity index (χ1n) is 18.3. The summed E-state index contributed by atoms with van der Waals surface area (Å²) in [6.07, 6.45) is 19.4. The highest BCUT2D eigenvalue weighted by Crippen LogP contribution is 2.50. The molecule has 248 valence electrons. The number of hydrogen-bond acceptors (Lipinski definition) is 1. The Kier molecular flexibility index (Phi) is 7.62. The average Bonchev–Trinajstić information content (AvgIpc) is 3.71. The van der Waals surface area contributed by atoms with Gasteiger partial charge in [0.2, 0.25) is 0 Å². The van der Waals surface area contributed by atoms with Crippen LogP contribution >= 0.6 is 0 Å². The van der Waals surface area contributed by atoms with Crippen molar-refractivity contribution in [3.63, 3.8) is 0 Å². The lowest BCUT2D eigenvalue weighted by Crippen LogP contribution is -2.18. The molecule has 3 aliphatic rings. The van der Waals surface area contributed by atoms with Crippen molar-refractivity contribution in [3.8, 4) is 27.9 Å². The third-order valence-electron chi connectivity index (χ3n) is 11.1. The zero-order chi connectivity index (χ0) is 34.6. The van der Waals surface area contributed by atoms with E-state index >= 15 is 0 Å². The van der Waals surface area contributed by atoms with E-state index in [-0.39, 0.29) is 0 Å². The second kappa shape index (κ2) is 12.5. The molecule has 6 aromatic rings. The van der Waals surface area contributed by atoms with Crippen molar-refractivity contribution in [1.29, 1.82) is 0 Å². The molecule has 0 N–H and O–H groups in total. The molecule has 0 saturated heterocycles. The van der Waals surface area contributed by atoms with Crippen LogP contribution in [0.2, 0.25) is 0 Å². The zero-order valence-electron chi connectivity index (χ0n) is 29.7. The summed E-state index contributed by atoms with van der Waals surface area (Å²) in [5.74, 6) is 1.16. The zero-order valence-corrected chi connectivity index (χ0v) is 29.7. The average molecular weight is 659 g/mol. The third-order valence-corrected chi connectivity index (χ3v) is 11.1. The maximum absolute atomic E-state index is 4.02. The maximum atomic E-state index is 4.02. The largest absolute Gasteiger partial charge is 0.296 e. The second-order valence-electron chi connectivity index (χ2n) is 13.9. The number of fused-ring (bicyclic) bond motifs is 9. The number of benzene rings is 5. The van der Waals surface area contributed by atoms with Gasteiger partial charge in [0.1, 0.15) is 5.82 Å². The number of rotatable bonds is 6. The minimum atomic E-state index is 0.951. The van der Waals surface area contributed by atoms with Gasteiger partial charge in [-0.05, 0) is 126 Å². The lowest BCUT2D eigenvalue weighted by Gasteiger charge is -2.29. The molecule has 0 saturated carbocycles. The molecule has 5 aromatic carbocycles. The normalized spacial score (nSPS) is 14.5. The van der Waals surface area contributed by atoms with Crippen LogP contribution in [-0.4, -0.2) is 4.57 Å². The van der Waals surface area contributed by atoms with Crippen molar-refractivity contribution in [3.05, 3.63) is 179 Å². The Morgan fingerprint density at radius 2 is 1.67 bits per heavy atom. The van der Waals surface area contributed by atoms with E-state index in [1.807, 2.05) is 6.08 Å². The van der Waals surface area contributed by atoms with Gasteiger partial charge in [0.15, 0.2) is 0 Å². The summed E-state index contributed by atoms with van der Waals surface area (Å²) in [5.41, 5.74) is 20.9. The molecular weight excluding hydrogens is 617 g/mol. The summed E-state index contributed by atoms with van der Waals surface area (Å²) in [6.45, 7) is 10.7. The summed E-state index contributed by atoms with van der Waals surface area (Å²) in [5, 5.41) is 1.23. The van der Waals surface area contributed by atoms with Gasteiger partial charge in [-0.15, -0.1) is 0 Å². The van der Waals surface area contributed by atoms with Crippen LogP contribution in [0.5, 0.6) is 0 Å². The van der Waals surface area contributed by atoms with E-state index in [2.05, 4.69) is 170 Å². The first-order valence-corrected chi connectivity index (χ1v) is 18.3. The number of allylic oxidation sites excluding steroid dienone is 6. The predicted molar refractivity (Wildman–Crippen MR) is 219 cm³/mol. The number of hydrogen-bond donors (Lipinski definition) is 0. The van der Waals surface area contributed by atoms with Crippen LogP contribution in [-0.2, 0) is 12.8 Å². The maximum Gasteiger partial charge on any atom is 0.123 e. The minimum Gasteiger partial charge on any atom is -0.296 e. The fourth-order valence-corrected chi connectivity index (χ4v) is 8.76. The first-order chi connectivity index (χ1) is 25.1. The molecule has 1 aliphatic heterocycles. The van der Waals surface area contributed by atoms with Crippen molar-refractivity contribution in [1.82, 2.24) is 4.57 Å². The SMILES string of the molecule is C=C/C=C\c1c(CC)ccc2cc3n(c12)-c1ccc(C)c(/C=C\C)c1C1=C(C=CCC1)N3c1cccc(-c2cccc3c2Cc2ccccc2-3)c1. The van der Waals surface area contributed by atoms with E-state index in [0.717, 1.165) is 31.5 Å². The summed E-state index contributed by atoms with van der Waals surface area (Å²) in [4.78, 5) is 2.54. The molecule has 51 heavy (non-hydrogen) atoms. The van der Waals surface area contributed by atoms with Crippen molar-refractivity contribution < 1.29 is 0 Å². The topological polar surface area (TPSA) is 8.17 Å². The summed E-state index contributed by atoms with van der Waals surface area (Å²) in [6, 6.07) is 36.6. The van der Waals surface area contributed by atoms with Crippen molar-refractivity contribution >= 4 is 40.1 Å². The van der Waals surface area contributed by atoms with Crippen LogP contribution < -0.4 is 4.90 Å². The van der Waals surface area contributed by atoms with Crippen LogP contribution in [0, 0.1) is 6.92 Å². The van der Waals surface area contributed by atoms with Crippen LogP contribution in [0.1, 0.15) is 65.6 Å². The van der Waals surface area contributed by atoms with E-state index in [4.69, 9.17) is 0 Å². The van der Waals surface area contributed by atoms with Gasteiger partial charge in [-0.3, -0.25) is 9.47 Å². The second-order valence-corrected chi connectivity index (χ2v) is 13.9. The number of aryl methyl sites for hydroxylation is 2. The molecule has 2 heteroatoms. The van der Waals surface area contributed by atoms with Crippen LogP contribution in [0.15, 0.2) is 140 Å². The summed E-state index contributed by atoms with van der Waals surface area (Å²) in [7, 11) is 0. The van der Waals surface area contributed by atoms with Crippen molar-refractivity contribution in [2.45, 2.75) is 46.5 Å². The predicted octanol–water partition coefficient (Wildman–Crippen LogP) is 13.2. The van der Waals surface area contributed by atoms with Gasteiger partial charge in [-0.2, -0.15) is 0 Å². The fraction of sp³-hybridized carbons (Fsp3) is 0.143. The Morgan fingerprint density at radius 1 is 0.824 bits per heavy atom. The molecule has 9 rings (SSSR count). The van der Waals surface area contributed by atoms with Crippen molar-refractivity contribution in [2.75, 3.05) is 4.90 Å². The molecule has 0 fully saturated rings. The molecule has 2 aliphatic carbocycles. The number of aromatic nitrogens is 1. The smallest absolute Gasteiger partial charge is 0.123 e. The van der Waals surface area contributed by atoms with Crippen molar-refractivity contribution in [2.24, 2.45) is 0 Å². The Hall–Kier alpha value is -5.86. The van der Waals surface area contributed by atoms with Crippen LogP contribution in [0.25, 0.3) is 56.6 Å². The van der Waals surface area contributed by atoms with Crippen LogP contribution in [0.4, 0.5) is 11.5 Å². The monoisotopic (exact) mass is 658 g/mol. The number of nitrogens with zero attached hydrogens (tertiary/aromatic N) is 2. The third kappa shape index (κ3) is 4.85. The van der Waals surface area contributed by atoms with Gasteiger partial charge in [-0.25, -0.2) is 0 Å². The highest BCUT2D eigenvalue weighted by molar-refractivity contribution is 6.01. The quantitative estimate of drug-likeness (QED) is 0.161. The van der Waals surface area contributed by atoms with Gasteiger partial charge in [0.25, 0.3) is 0 Å². The van der Waals surface area contributed by atoms with Gasteiger partial charge >= 0.3 is 0 Å². The molecule has 0 bridgehead atoms. The Bertz CT molecular complexity index is 2530. The van der Waals surface area contributed by atoms with Gasteiger partial charge < -0.3 is 0 Å². The van der Waals surface area contributed by atoms with Gasteiger partial charge in [0, 0.05) is 22.2 Å². The standard InChI is InChI=1S/C49H42N2/c1-5-8-19-41-33(7-3)26-27-36-31-47-50(37-18-13-17-34(29-37)40-22-14-23-42-39-20-10-9-16-35(39)30-44(40)42)45-24-12-11-21-43(45)48-38(15-6-2)32(4)25-28-46(48)51(47)49(36)41/h5-6,8-10,12-20,22-29,31H,1,7,11,21,30H2,2-4H3/b15-6-,19-8-. The molecule has 2 nitrogen and oxygen atoms in total. The highest BCUT2D eigenvalue weighted by Gasteiger charge is 2.32. The van der Waals surface area contributed by atoms with Gasteiger partial charge in [-0.1, -0.05) is 123 Å². The Morgan fingerprint density at radius 3 is 2.53 bits per heavy atom. The lowest BCUT2D eigenvalue weighted by molar-refractivity contribution is 1.02. The van der Waals surface area contributed by atoms with E-state index in [0.29, 0.717) is 0 Å². The minimum absolute atomic E-state index is 0.951. The Labute approximate surface area is 301 Å². The fourth-order valence-electron chi connectivity index (χ4n) is 8.76. The summed E-state index contributed by atoms with van der Waals surface area (Å²) >= 11 is 0. The highest BCUT2D eigenvalue weighted by atomic mass is 15.3. The van der Waals surface area contributed by atoms with E-state index in [9.17, 15) is 0 Å². The van der Waals surface area contributed by atoms with E-state index in [1.54, 1.807) is 0 Å². The molecule has 1 aromatic heterocycles. The molecule has 0 atom stereocenters. The lowest BCUT2D eigenvalue weighted by atomic mass is 9.87. The number of anilines is 2.